The highest BCUT2D eigenvalue weighted by Crippen LogP contribution is 2.26. The monoisotopic (exact) mass is 346 g/mol. The highest BCUT2D eigenvalue weighted by Gasteiger charge is 2.11. The summed E-state index contributed by atoms with van der Waals surface area (Å²) in [7, 11) is 0. The maximum Gasteiger partial charge on any atom is 0.157 e. The molecule has 6 nitrogen and oxygen atoms in total. The molecule has 134 valence electrons. The van der Waals surface area contributed by atoms with Gasteiger partial charge in [-0.2, -0.15) is 0 Å². The molecule has 5 N–H and O–H groups in total. The van der Waals surface area contributed by atoms with E-state index >= 15 is 0 Å². The number of phenolic OH excluding ortho intramolecular Hbond substituents is 4. The molecular formula is C19H22O6. The van der Waals surface area contributed by atoms with Crippen LogP contribution in [0.4, 0.5) is 0 Å². The Labute approximate surface area is 145 Å². The van der Waals surface area contributed by atoms with Crippen LogP contribution in [0.15, 0.2) is 36.4 Å². The van der Waals surface area contributed by atoms with Crippen LogP contribution in [0.5, 0.6) is 23.0 Å². The van der Waals surface area contributed by atoms with Crippen LogP contribution in [-0.2, 0) is 17.6 Å². The predicted octanol–water partition coefficient (Wildman–Crippen LogP) is 2.39. The van der Waals surface area contributed by atoms with Gasteiger partial charge in [-0.15, -0.1) is 0 Å². The second kappa shape index (κ2) is 8.39. The van der Waals surface area contributed by atoms with Crippen LogP contribution in [0.3, 0.4) is 0 Å². The summed E-state index contributed by atoms with van der Waals surface area (Å²) in [6.07, 6.45) is 0.848. The number of aryl methyl sites for hydroxylation is 1. The van der Waals surface area contributed by atoms with Crippen LogP contribution in [-0.4, -0.2) is 37.4 Å². The number of hydrogen-bond donors (Lipinski definition) is 5. The zero-order valence-electron chi connectivity index (χ0n) is 13.7. The van der Waals surface area contributed by atoms with Crippen LogP contribution in [0.1, 0.15) is 30.4 Å². The number of aromatic hydroxyl groups is 4. The van der Waals surface area contributed by atoms with Gasteiger partial charge in [-0.25, -0.2) is 0 Å². The second-order valence-electron chi connectivity index (χ2n) is 6.08. The van der Waals surface area contributed by atoms with Crippen LogP contribution in [0.2, 0.25) is 0 Å². The van der Waals surface area contributed by atoms with E-state index in [1.54, 1.807) is 12.1 Å². The molecule has 0 heterocycles. The van der Waals surface area contributed by atoms with Crippen LogP contribution in [0, 0.1) is 0 Å². The molecule has 0 amide bonds. The number of aliphatic hydroxyl groups excluding tert-OH is 1. The van der Waals surface area contributed by atoms with Crippen LogP contribution >= 0.6 is 0 Å². The Morgan fingerprint density at radius 1 is 0.800 bits per heavy atom. The summed E-state index contributed by atoms with van der Waals surface area (Å²) < 4.78 is 0. The fraction of sp³-hybridized carbons (Fsp3) is 0.316. The first kappa shape index (κ1) is 18.6. The first-order valence-corrected chi connectivity index (χ1v) is 8.06. The lowest BCUT2D eigenvalue weighted by molar-refractivity contribution is -0.119. The summed E-state index contributed by atoms with van der Waals surface area (Å²) in [5.41, 5.74) is 1.43. The van der Waals surface area contributed by atoms with E-state index in [9.17, 15) is 30.3 Å². The van der Waals surface area contributed by atoms with E-state index in [4.69, 9.17) is 0 Å². The van der Waals surface area contributed by atoms with E-state index in [0.717, 1.165) is 5.56 Å². The lowest BCUT2D eigenvalue weighted by atomic mass is 10.00. The number of Topliss-reactive ketones (excluding diaryl/α,β-unsaturated/α-hetero) is 1. The Hall–Kier alpha value is -2.73. The minimum Gasteiger partial charge on any atom is -0.504 e. The number of benzene rings is 2. The van der Waals surface area contributed by atoms with Crippen molar-refractivity contribution in [3.8, 4) is 23.0 Å². The summed E-state index contributed by atoms with van der Waals surface area (Å²) in [5, 5.41) is 47.3. The molecule has 25 heavy (non-hydrogen) atoms. The van der Waals surface area contributed by atoms with Crippen molar-refractivity contribution < 1.29 is 30.3 Å². The summed E-state index contributed by atoms with van der Waals surface area (Å²) in [4.78, 5) is 11.9. The molecule has 0 aliphatic heterocycles. The molecule has 0 aromatic heterocycles. The molecule has 0 aliphatic carbocycles. The van der Waals surface area contributed by atoms with Crippen molar-refractivity contribution in [1.82, 2.24) is 0 Å². The minimum atomic E-state index is -0.717. The molecule has 0 saturated carbocycles. The zero-order valence-corrected chi connectivity index (χ0v) is 13.7. The SMILES string of the molecule is O=C(CCc1ccc(O)c(O)c1)CC[C@H](O)Cc1ccc(O)c(O)c1. The Morgan fingerprint density at radius 3 is 1.96 bits per heavy atom. The summed E-state index contributed by atoms with van der Waals surface area (Å²) in [5.74, 6) is -0.859. The summed E-state index contributed by atoms with van der Waals surface area (Å²) in [6, 6.07) is 8.81. The number of carbonyl (C=O) groups is 1. The van der Waals surface area contributed by atoms with Crippen LogP contribution in [0.25, 0.3) is 0 Å². The van der Waals surface area contributed by atoms with Crippen molar-refractivity contribution >= 4 is 5.78 Å². The van der Waals surface area contributed by atoms with Crippen molar-refractivity contribution in [3.05, 3.63) is 47.5 Å². The number of rotatable bonds is 8. The molecule has 0 saturated heterocycles. The third kappa shape index (κ3) is 5.69. The van der Waals surface area contributed by atoms with E-state index in [0.29, 0.717) is 18.4 Å². The number of carbonyl (C=O) groups excluding carboxylic acids is 1. The lowest BCUT2D eigenvalue weighted by Crippen LogP contribution is -2.13. The largest absolute Gasteiger partial charge is 0.504 e. The van der Waals surface area contributed by atoms with Gasteiger partial charge in [-0.05, 0) is 54.7 Å². The molecule has 0 radical (unpaired) electrons. The van der Waals surface area contributed by atoms with Crippen molar-refractivity contribution in [2.45, 2.75) is 38.2 Å². The average molecular weight is 346 g/mol. The third-order valence-electron chi connectivity index (χ3n) is 4.00. The molecule has 2 rings (SSSR count). The van der Waals surface area contributed by atoms with E-state index in [2.05, 4.69) is 0 Å². The average Bonchev–Trinajstić information content (AvgIpc) is 2.57. The highest BCUT2D eigenvalue weighted by molar-refractivity contribution is 5.78. The van der Waals surface area contributed by atoms with Gasteiger partial charge in [-0.1, -0.05) is 12.1 Å². The maximum atomic E-state index is 11.9. The third-order valence-corrected chi connectivity index (χ3v) is 4.00. The second-order valence-corrected chi connectivity index (χ2v) is 6.08. The smallest absolute Gasteiger partial charge is 0.157 e. The van der Waals surface area contributed by atoms with E-state index in [1.165, 1.54) is 24.3 Å². The van der Waals surface area contributed by atoms with Gasteiger partial charge in [0, 0.05) is 12.8 Å². The predicted molar refractivity (Wildman–Crippen MR) is 91.8 cm³/mol. The molecule has 0 aliphatic rings. The van der Waals surface area contributed by atoms with Crippen molar-refractivity contribution in [2.24, 2.45) is 0 Å². The fourth-order valence-electron chi connectivity index (χ4n) is 2.53. The van der Waals surface area contributed by atoms with Gasteiger partial charge in [0.2, 0.25) is 0 Å². The van der Waals surface area contributed by atoms with Crippen molar-refractivity contribution in [3.63, 3.8) is 0 Å². The Balaban J connectivity index is 1.75. The van der Waals surface area contributed by atoms with Gasteiger partial charge in [0.25, 0.3) is 0 Å². The molecule has 6 heteroatoms. The Bertz CT molecular complexity index is 741. The topological polar surface area (TPSA) is 118 Å². The summed E-state index contributed by atoms with van der Waals surface area (Å²) >= 11 is 0. The molecular weight excluding hydrogens is 324 g/mol. The number of hydrogen-bond acceptors (Lipinski definition) is 6. The van der Waals surface area contributed by atoms with Gasteiger partial charge < -0.3 is 25.5 Å². The summed E-state index contributed by atoms with van der Waals surface area (Å²) in [6.45, 7) is 0. The normalized spacial score (nSPS) is 12.0. The Morgan fingerprint density at radius 2 is 1.36 bits per heavy atom. The van der Waals surface area contributed by atoms with E-state index in [1.807, 2.05) is 0 Å². The number of phenols is 4. The van der Waals surface area contributed by atoms with Gasteiger partial charge in [0.1, 0.15) is 5.78 Å². The Kier molecular flexibility index (Phi) is 6.25. The van der Waals surface area contributed by atoms with E-state index in [-0.39, 0.29) is 48.0 Å². The van der Waals surface area contributed by atoms with Crippen LogP contribution < -0.4 is 0 Å². The molecule has 1 atom stereocenters. The first-order valence-electron chi connectivity index (χ1n) is 8.06. The van der Waals surface area contributed by atoms with Gasteiger partial charge in [-0.3, -0.25) is 4.79 Å². The number of ketones is 1. The zero-order chi connectivity index (χ0) is 18.4. The molecule has 2 aromatic rings. The number of aliphatic hydroxyl groups is 1. The molecule has 0 spiro atoms. The molecule has 0 fully saturated rings. The lowest BCUT2D eigenvalue weighted by Gasteiger charge is -2.11. The van der Waals surface area contributed by atoms with E-state index < -0.39 is 6.10 Å². The standard InChI is InChI=1S/C19H22O6/c20-14(4-1-12-2-7-16(22)18(24)10-12)5-6-15(21)9-13-3-8-17(23)19(25)11-13/h2-3,7-8,10-11,15,21-25H,1,4-6,9H2/t15-/m0/s1. The van der Waals surface area contributed by atoms with Crippen molar-refractivity contribution in [2.75, 3.05) is 0 Å². The molecule has 0 bridgehead atoms. The van der Waals surface area contributed by atoms with Gasteiger partial charge in [0.05, 0.1) is 6.10 Å². The van der Waals surface area contributed by atoms with Gasteiger partial charge in [0.15, 0.2) is 23.0 Å². The fourth-order valence-corrected chi connectivity index (χ4v) is 2.53. The minimum absolute atomic E-state index is 0.000156. The molecule has 2 aromatic carbocycles. The van der Waals surface area contributed by atoms with Crippen molar-refractivity contribution in [1.29, 1.82) is 0 Å². The maximum absolute atomic E-state index is 11.9. The highest BCUT2D eigenvalue weighted by atomic mass is 16.3. The quantitative estimate of drug-likeness (QED) is 0.468. The van der Waals surface area contributed by atoms with Gasteiger partial charge >= 0.3 is 0 Å². The molecule has 0 unspecified atom stereocenters. The first-order chi connectivity index (χ1) is 11.8.